The first-order valence-electron chi connectivity index (χ1n) is 4.03. The first kappa shape index (κ1) is 12.6. The molecule has 0 aliphatic carbocycles. The number of rotatable bonds is 2. The highest BCUT2D eigenvalue weighted by atomic mass is 19.4. The van der Waals surface area contributed by atoms with Crippen LogP contribution in [-0.4, -0.2) is 10.1 Å². The Hall–Kier alpha value is -1.44. The fraction of sp³-hybridized carbons (Fsp3) is 0.375. The fourth-order valence-corrected chi connectivity index (χ4v) is 1.10. The predicted octanol–water partition coefficient (Wildman–Crippen LogP) is 2.11. The highest BCUT2D eigenvalue weighted by Crippen LogP contribution is 2.36. The number of nitrogens with two attached hydrogens (primary N) is 1. The van der Waals surface area contributed by atoms with Crippen LogP contribution in [0.2, 0.25) is 0 Å². The minimum atomic E-state index is -4.96. The average Bonchev–Trinajstić information content (AvgIpc) is 2.15. The molecule has 16 heavy (non-hydrogen) atoms. The van der Waals surface area contributed by atoms with Crippen LogP contribution in [0.15, 0.2) is 6.07 Å². The van der Waals surface area contributed by atoms with E-state index in [1.54, 1.807) is 0 Å². The zero-order chi connectivity index (χ0) is 12.5. The molecular weight excluding hydrogens is 235 g/mol. The summed E-state index contributed by atoms with van der Waals surface area (Å²) in [5.41, 5.74) is 1.25. The van der Waals surface area contributed by atoms with Crippen molar-refractivity contribution in [3.8, 4) is 0 Å². The maximum atomic E-state index is 12.3. The molecule has 0 saturated carbocycles. The van der Waals surface area contributed by atoms with Crippen LogP contribution < -0.4 is 5.73 Å². The van der Waals surface area contributed by atoms with Crippen molar-refractivity contribution in [3.63, 3.8) is 0 Å². The van der Waals surface area contributed by atoms with E-state index in [0.717, 1.165) is 0 Å². The Morgan fingerprint density at radius 1 is 1.38 bits per heavy atom. The van der Waals surface area contributed by atoms with Crippen molar-refractivity contribution < 1.29 is 27.1 Å². The Labute approximate surface area is 86.7 Å². The Bertz CT molecular complexity index is 391. The van der Waals surface area contributed by atoms with Gasteiger partial charge in [-0.05, 0) is 6.07 Å². The molecule has 3 nitrogen and oxygen atoms in total. The Morgan fingerprint density at radius 3 is 2.31 bits per heavy atom. The maximum absolute atomic E-state index is 12.3. The molecule has 8 heteroatoms. The normalized spacial score (nSPS) is 12.2. The van der Waals surface area contributed by atoms with E-state index in [-0.39, 0.29) is 0 Å². The molecule has 1 rings (SSSR count). The number of nitrogens with zero attached hydrogens (tertiary/aromatic N) is 1. The van der Waals surface area contributed by atoms with Gasteiger partial charge in [-0.3, -0.25) is 0 Å². The van der Waals surface area contributed by atoms with Crippen LogP contribution in [0.3, 0.4) is 0 Å². The number of alkyl halides is 5. The highest BCUT2D eigenvalue weighted by molar-refractivity contribution is 5.48. The first-order valence-corrected chi connectivity index (χ1v) is 4.03. The molecule has 3 N–H and O–H groups in total. The van der Waals surface area contributed by atoms with Crippen molar-refractivity contribution in [2.75, 3.05) is 5.73 Å². The summed E-state index contributed by atoms with van der Waals surface area (Å²) in [6.45, 7) is -0.802. The van der Waals surface area contributed by atoms with E-state index >= 15 is 0 Å². The van der Waals surface area contributed by atoms with Crippen LogP contribution in [0, 0.1) is 0 Å². The molecule has 0 amide bonds. The second-order valence-electron chi connectivity index (χ2n) is 2.91. The lowest BCUT2D eigenvalue weighted by Gasteiger charge is -2.14. The molecule has 90 valence electrons. The zero-order valence-electron chi connectivity index (χ0n) is 7.72. The molecule has 1 aromatic heterocycles. The molecule has 0 aliphatic rings. The van der Waals surface area contributed by atoms with E-state index in [9.17, 15) is 22.0 Å². The predicted molar refractivity (Wildman–Crippen MR) is 44.5 cm³/mol. The van der Waals surface area contributed by atoms with Gasteiger partial charge in [0.25, 0.3) is 6.43 Å². The van der Waals surface area contributed by atoms with Crippen molar-refractivity contribution in [2.45, 2.75) is 19.2 Å². The third kappa shape index (κ3) is 2.38. The second-order valence-corrected chi connectivity index (χ2v) is 2.91. The fourth-order valence-electron chi connectivity index (χ4n) is 1.10. The number of hydrogen-bond donors (Lipinski definition) is 2. The number of aliphatic hydroxyl groups is 1. The summed E-state index contributed by atoms with van der Waals surface area (Å²) in [7, 11) is 0. The summed E-state index contributed by atoms with van der Waals surface area (Å²) in [4.78, 5) is 3.01. The number of halogens is 5. The summed E-state index contributed by atoms with van der Waals surface area (Å²) in [6, 6.07) is 0.347. The van der Waals surface area contributed by atoms with Crippen LogP contribution in [0.1, 0.15) is 23.4 Å². The quantitative estimate of drug-likeness (QED) is 0.781. The van der Waals surface area contributed by atoms with Crippen LogP contribution in [0.5, 0.6) is 0 Å². The number of pyridine rings is 1. The van der Waals surface area contributed by atoms with E-state index < -0.39 is 41.8 Å². The van der Waals surface area contributed by atoms with Crippen LogP contribution in [0.4, 0.5) is 27.6 Å². The number of aromatic nitrogens is 1. The maximum Gasteiger partial charge on any atom is 0.418 e. The molecule has 0 bridgehead atoms. The summed E-state index contributed by atoms with van der Waals surface area (Å²) in [5.74, 6) is 0. The Kier molecular flexibility index (Phi) is 3.32. The van der Waals surface area contributed by atoms with Gasteiger partial charge in [-0.2, -0.15) is 13.2 Å². The monoisotopic (exact) mass is 242 g/mol. The van der Waals surface area contributed by atoms with Crippen LogP contribution in [-0.2, 0) is 12.8 Å². The molecule has 1 heterocycles. The summed E-state index contributed by atoms with van der Waals surface area (Å²) in [6.07, 6.45) is -8.34. The van der Waals surface area contributed by atoms with Gasteiger partial charge in [0.05, 0.1) is 23.6 Å². The van der Waals surface area contributed by atoms with E-state index in [2.05, 4.69) is 4.98 Å². The van der Waals surface area contributed by atoms with Crippen molar-refractivity contribution in [3.05, 3.63) is 23.0 Å². The Balaban J connectivity index is 3.42. The third-order valence-corrected chi connectivity index (χ3v) is 1.83. The zero-order valence-corrected chi connectivity index (χ0v) is 7.72. The molecule has 0 unspecified atom stereocenters. The van der Waals surface area contributed by atoms with Gasteiger partial charge in [0, 0.05) is 0 Å². The standard InChI is InChI=1S/C8H7F5N2O/c9-7(10)6-3(8(11,12)13)1-4(14)5(2-16)15-6/h1,7,16H,2,14H2. The second kappa shape index (κ2) is 4.20. The first-order chi connectivity index (χ1) is 7.27. The van der Waals surface area contributed by atoms with Gasteiger partial charge < -0.3 is 10.8 Å². The molecule has 0 atom stereocenters. The number of nitrogen functional groups attached to an aromatic ring is 1. The van der Waals surface area contributed by atoms with Gasteiger partial charge in [0.1, 0.15) is 5.69 Å². The van der Waals surface area contributed by atoms with Gasteiger partial charge >= 0.3 is 6.18 Å². The van der Waals surface area contributed by atoms with E-state index in [4.69, 9.17) is 10.8 Å². The lowest BCUT2D eigenvalue weighted by Crippen LogP contribution is -2.14. The number of hydrogen-bond acceptors (Lipinski definition) is 3. The van der Waals surface area contributed by atoms with E-state index in [1.165, 1.54) is 0 Å². The molecule has 0 radical (unpaired) electrons. The number of anilines is 1. The Morgan fingerprint density at radius 2 is 1.94 bits per heavy atom. The van der Waals surface area contributed by atoms with Crippen LogP contribution in [0.25, 0.3) is 0 Å². The molecule has 0 spiro atoms. The summed E-state index contributed by atoms with van der Waals surface area (Å²) >= 11 is 0. The summed E-state index contributed by atoms with van der Waals surface area (Å²) < 4.78 is 61.6. The molecule has 0 aromatic carbocycles. The molecule has 0 saturated heterocycles. The largest absolute Gasteiger partial charge is 0.418 e. The lowest BCUT2D eigenvalue weighted by atomic mass is 10.1. The van der Waals surface area contributed by atoms with Crippen molar-refractivity contribution >= 4 is 5.69 Å². The van der Waals surface area contributed by atoms with Crippen LogP contribution >= 0.6 is 0 Å². The van der Waals surface area contributed by atoms with E-state index in [0.29, 0.717) is 6.07 Å². The van der Waals surface area contributed by atoms with Gasteiger partial charge in [-0.1, -0.05) is 0 Å². The third-order valence-electron chi connectivity index (χ3n) is 1.83. The smallest absolute Gasteiger partial charge is 0.397 e. The lowest BCUT2D eigenvalue weighted by molar-refractivity contribution is -0.139. The van der Waals surface area contributed by atoms with Gasteiger partial charge in [0.15, 0.2) is 0 Å². The molecule has 0 fully saturated rings. The molecular formula is C8H7F5N2O. The van der Waals surface area contributed by atoms with Crippen molar-refractivity contribution in [1.82, 2.24) is 4.98 Å². The van der Waals surface area contributed by atoms with Crippen molar-refractivity contribution in [1.29, 1.82) is 0 Å². The van der Waals surface area contributed by atoms with Gasteiger partial charge in [-0.25, -0.2) is 13.8 Å². The highest BCUT2D eigenvalue weighted by Gasteiger charge is 2.37. The van der Waals surface area contributed by atoms with Gasteiger partial charge in [-0.15, -0.1) is 0 Å². The van der Waals surface area contributed by atoms with Gasteiger partial charge in [0.2, 0.25) is 0 Å². The summed E-state index contributed by atoms with van der Waals surface area (Å²) in [5, 5.41) is 8.65. The molecule has 1 aromatic rings. The average molecular weight is 242 g/mol. The topological polar surface area (TPSA) is 59.1 Å². The molecule has 0 aliphatic heterocycles. The van der Waals surface area contributed by atoms with E-state index in [1.807, 2.05) is 0 Å². The van der Waals surface area contributed by atoms with Crippen molar-refractivity contribution in [2.24, 2.45) is 0 Å². The minimum Gasteiger partial charge on any atom is -0.397 e. The number of aliphatic hydroxyl groups excluding tert-OH is 1. The SMILES string of the molecule is Nc1cc(C(F)(F)F)c(C(F)F)nc1CO. The minimum absolute atomic E-state index is 0.347.